The Hall–Kier alpha value is -1.91. The maximum atomic E-state index is 12.9. The third kappa shape index (κ3) is 1.54. The molecule has 2 aromatic rings. The van der Waals surface area contributed by atoms with Gasteiger partial charge < -0.3 is 9.52 Å². The molecule has 4 nitrogen and oxygen atoms in total. The van der Waals surface area contributed by atoms with Gasteiger partial charge in [0.25, 0.3) is 0 Å². The molecule has 0 aliphatic heterocycles. The number of benzene rings is 1. The highest BCUT2D eigenvalue weighted by atomic mass is 19.1. The molecule has 0 amide bonds. The van der Waals surface area contributed by atoms with Crippen molar-refractivity contribution in [3.63, 3.8) is 0 Å². The molecule has 0 radical (unpaired) electrons. The highest BCUT2D eigenvalue weighted by Gasteiger charge is 2.35. The van der Waals surface area contributed by atoms with Crippen LogP contribution in [-0.2, 0) is 10.2 Å². The van der Waals surface area contributed by atoms with Crippen LogP contribution < -0.4 is 0 Å². The van der Waals surface area contributed by atoms with Crippen LogP contribution in [0, 0.1) is 5.82 Å². The third-order valence-electron chi connectivity index (χ3n) is 2.42. The minimum absolute atomic E-state index is 0.0700. The molecule has 84 valence electrons. The lowest BCUT2D eigenvalue weighted by Crippen LogP contribution is -2.28. The number of carboxylic acid groups (broad SMARTS) is 1. The first kappa shape index (κ1) is 10.6. The molecule has 16 heavy (non-hydrogen) atoms. The first-order valence-corrected chi connectivity index (χ1v) is 4.71. The van der Waals surface area contributed by atoms with E-state index < -0.39 is 17.2 Å². The van der Waals surface area contributed by atoms with Crippen LogP contribution in [0.25, 0.3) is 11.1 Å². The topological polar surface area (TPSA) is 63.3 Å². The molecule has 1 N–H and O–H groups in total. The van der Waals surface area contributed by atoms with Gasteiger partial charge in [0.2, 0.25) is 5.89 Å². The molecule has 1 aromatic carbocycles. The van der Waals surface area contributed by atoms with Gasteiger partial charge in [-0.1, -0.05) is 0 Å². The molecule has 5 heteroatoms. The molecule has 0 spiro atoms. The van der Waals surface area contributed by atoms with Gasteiger partial charge in [0.1, 0.15) is 16.7 Å². The molecular weight excluding hydrogens is 213 g/mol. The molecule has 0 aliphatic rings. The van der Waals surface area contributed by atoms with Gasteiger partial charge in [0, 0.05) is 6.07 Å². The zero-order valence-electron chi connectivity index (χ0n) is 8.82. The fourth-order valence-corrected chi connectivity index (χ4v) is 1.26. The van der Waals surface area contributed by atoms with E-state index in [1.165, 1.54) is 32.0 Å². The highest BCUT2D eigenvalue weighted by Crippen LogP contribution is 2.26. The molecule has 1 aromatic heterocycles. The lowest BCUT2D eigenvalue weighted by Gasteiger charge is -2.13. The van der Waals surface area contributed by atoms with Gasteiger partial charge in [0.15, 0.2) is 5.58 Å². The van der Waals surface area contributed by atoms with Gasteiger partial charge in [-0.15, -0.1) is 0 Å². The fourth-order valence-electron chi connectivity index (χ4n) is 1.26. The molecule has 0 fully saturated rings. The predicted molar refractivity (Wildman–Crippen MR) is 54.6 cm³/mol. The predicted octanol–water partition coefficient (Wildman–Crippen LogP) is 2.33. The van der Waals surface area contributed by atoms with E-state index in [4.69, 9.17) is 9.52 Å². The molecule has 0 bridgehead atoms. The normalized spacial score (nSPS) is 11.9. The summed E-state index contributed by atoms with van der Waals surface area (Å²) in [4.78, 5) is 15.0. The second-order valence-corrected chi connectivity index (χ2v) is 4.06. The zero-order valence-corrected chi connectivity index (χ0v) is 8.82. The van der Waals surface area contributed by atoms with Crippen LogP contribution in [0.3, 0.4) is 0 Å². The summed E-state index contributed by atoms with van der Waals surface area (Å²) in [6.45, 7) is 2.97. The smallest absolute Gasteiger partial charge is 0.318 e. The summed E-state index contributed by atoms with van der Waals surface area (Å²) in [7, 11) is 0. The van der Waals surface area contributed by atoms with Crippen molar-refractivity contribution in [3.05, 3.63) is 29.9 Å². The molecule has 2 rings (SSSR count). The number of hydrogen-bond donors (Lipinski definition) is 1. The van der Waals surface area contributed by atoms with Crippen molar-refractivity contribution in [2.24, 2.45) is 0 Å². The monoisotopic (exact) mass is 223 g/mol. The van der Waals surface area contributed by atoms with E-state index in [-0.39, 0.29) is 5.89 Å². The van der Waals surface area contributed by atoms with Crippen molar-refractivity contribution in [1.82, 2.24) is 4.98 Å². The van der Waals surface area contributed by atoms with E-state index in [9.17, 15) is 9.18 Å². The third-order valence-corrected chi connectivity index (χ3v) is 2.42. The molecule has 0 unspecified atom stereocenters. The molecule has 0 saturated carbocycles. The average molecular weight is 223 g/mol. The summed E-state index contributed by atoms with van der Waals surface area (Å²) in [5, 5.41) is 9.00. The van der Waals surface area contributed by atoms with Gasteiger partial charge in [0.05, 0.1) is 0 Å². The molecule has 1 heterocycles. The van der Waals surface area contributed by atoms with Crippen LogP contribution in [0.15, 0.2) is 22.6 Å². The van der Waals surface area contributed by atoms with Gasteiger partial charge in [-0.3, -0.25) is 4.79 Å². The second-order valence-electron chi connectivity index (χ2n) is 4.06. The zero-order chi connectivity index (χ0) is 11.9. The van der Waals surface area contributed by atoms with Crippen LogP contribution >= 0.6 is 0 Å². The van der Waals surface area contributed by atoms with Crippen molar-refractivity contribution in [2.75, 3.05) is 0 Å². The number of fused-ring (bicyclic) bond motifs is 1. The van der Waals surface area contributed by atoms with Gasteiger partial charge in [-0.25, -0.2) is 9.37 Å². The van der Waals surface area contributed by atoms with E-state index >= 15 is 0 Å². The number of aliphatic carboxylic acids is 1. The quantitative estimate of drug-likeness (QED) is 0.848. The first-order chi connectivity index (χ1) is 7.41. The Morgan fingerprint density at radius 1 is 1.50 bits per heavy atom. The summed E-state index contributed by atoms with van der Waals surface area (Å²) in [5.41, 5.74) is -0.523. The Kier molecular flexibility index (Phi) is 2.18. The number of nitrogens with zero attached hydrogens (tertiary/aromatic N) is 1. The Balaban J connectivity index is 2.59. The largest absolute Gasteiger partial charge is 0.480 e. The van der Waals surface area contributed by atoms with Gasteiger partial charge >= 0.3 is 5.97 Å². The van der Waals surface area contributed by atoms with Crippen LogP contribution in [0.1, 0.15) is 19.7 Å². The lowest BCUT2D eigenvalue weighted by atomic mass is 9.94. The summed E-state index contributed by atoms with van der Waals surface area (Å²) < 4.78 is 18.2. The van der Waals surface area contributed by atoms with Crippen LogP contribution in [0.2, 0.25) is 0 Å². The number of oxazole rings is 1. The maximum absolute atomic E-state index is 12.9. The number of rotatable bonds is 2. The van der Waals surface area contributed by atoms with E-state index in [1.54, 1.807) is 0 Å². The Bertz CT molecular complexity index is 559. The first-order valence-electron chi connectivity index (χ1n) is 4.71. The lowest BCUT2D eigenvalue weighted by molar-refractivity contribution is -0.143. The van der Waals surface area contributed by atoms with Crippen LogP contribution in [0.4, 0.5) is 4.39 Å². The molecular formula is C11H10FNO3. The number of carboxylic acids is 1. The standard InChI is InChI=1S/C11H10FNO3/c1-11(2,10(14)15)9-13-7-5-6(12)3-4-8(7)16-9/h3-5H,1-2H3,(H,14,15). The van der Waals surface area contributed by atoms with E-state index in [0.29, 0.717) is 11.1 Å². The van der Waals surface area contributed by atoms with Crippen LogP contribution in [0.5, 0.6) is 0 Å². The van der Waals surface area contributed by atoms with Crippen molar-refractivity contribution in [3.8, 4) is 0 Å². The highest BCUT2D eigenvalue weighted by molar-refractivity contribution is 5.80. The van der Waals surface area contributed by atoms with Crippen LogP contribution in [-0.4, -0.2) is 16.1 Å². The van der Waals surface area contributed by atoms with E-state index in [1.807, 2.05) is 0 Å². The SMILES string of the molecule is CC(C)(C(=O)O)c1nc2cc(F)ccc2o1. The van der Waals surface area contributed by atoms with Gasteiger partial charge in [-0.2, -0.15) is 0 Å². The second kappa shape index (κ2) is 3.30. The Morgan fingerprint density at radius 3 is 2.81 bits per heavy atom. The summed E-state index contributed by atoms with van der Waals surface area (Å²) in [5.74, 6) is -1.40. The molecule has 0 atom stereocenters. The number of halogens is 1. The van der Waals surface area contributed by atoms with E-state index in [2.05, 4.69) is 4.98 Å². The number of hydrogen-bond acceptors (Lipinski definition) is 3. The Morgan fingerprint density at radius 2 is 2.19 bits per heavy atom. The van der Waals surface area contributed by atoms with Crippen molar-refractivity contribution in [2.45, 2.75) is 19.3 Å². The number of aromatic nitrogens is 1. The summed E-state index contributed by atoms with van der Waals surface area (Å²) >= 11 is 0. The molecule has 0 saturated heterocycles. The summed E-state index contributed by atoms with van der Waals surface area (Å²) in [6.07, 6.45) is 0. The minimum Gasteiger partial charge on any atom is -0.480 e. The van der Waals surface area contributed by atoms with Crippen molar-refractivity contribution in [1.29, 1.82) is 0 Å². The Labute approximate surface area is 90.7 Å². The maximum Gasteiger partial charge on any atom is 0.318 e. The molecule has 0 aliphatic carbocycles. The summed E-state index contributed by atoms with van der Waals surface area (Å²) in [6, 6.07) is 3.88. The van der Waals surface area contributed by atoms with Crippen molar-refractivity contribution >= 4 is 17.1 Å². The number of carbonyl (C=O) groups is 1. The minimum atomic E-state index is -1.23. The fraction of sp³-hybridized carbons (Fsp3) is 0.273. The van der Waals surface area contributed by atoms with Crippen molar-refractivity contribution < 1.29 is 18.7 Å². The van der Waals surface area contributed by atoms with Gasteiger partial charge in [-0.05, 0) is 26.0 Å². The van der Waals surface area contributed by atoms with E-state index in [0.717, 1.165) is 0 Å². The average Bonchev–Trinajstić information content (AvgIpc) is 2.60.